The summed E-state index contributed by atoms with van der Waals surface area (Å²) in [4.78, 5) is 0. The van der Waals surface area contributed by atoms with E-state index in [0.29, 0.717) is 29.0 Å². The van der Waals surface area contributed by atoms with E-state index in [-0.39, 0.29) is 0 Å². The molecule has 0 fully saturated rings. The van der Waals surface area contributed by atoms with Crippen LogP contribution < -0.4 is 9.47 Å². The fraction of sp³-hybridized carbons (Fsp3) is 0.250. The molecule has 112 valence electrons. The number of hydrogen-bond donors (Lipinski definition) is 0. The Balaban J connectivity index is 2.15. The SMILES string of the molecule is CCOc1cc(CBr)ccc1OCc1ccc(Cl)cc1Cl. The minimum atomic E-state index is 0.365. The van der Waals surface area contributed by atoms with Gasteiger partial charge in [-0.25, -0.2) is 0 Å². The molecule has 0 heterocycles. The van der Waals surface area contributed by atoms with Crippen LogP contribution >= 0.6 is 39.1 Å². The van der Waals surface area contributed by atoms with E-state index in [2.05, 4.69) is 15.9 Å². The summed E-state index contributed by atoms with van der Waals surface area (Å²) in [6.45, 7) is 2.90. The Morgan fingerprint density at radius 3 is 2.48 bits per heavy atom. The lowest BCUT2D eigenvalue weighted by Gasteiger charge is -2.13. The van der Waals surface area contributed by atoms with Crippen LogP contribution in [-0.2, 0) is 11.9 Å². The summed E-state index contributed by atoms with van der Waals surface area (Å²) in [5, 5.41) is 1.98. The van der Waals surface area contributed by atoms with E-state index in [1.54, 1.807) is 12.1 Å². The summed E-state index contributed by atoms with van der Waals surface area (Å²) in [5.41, 5.74) is 2.02. The third-order valence-corrected chi connectivity index (χ3v) is 4.09. The van der Waals surface area contributed by atoms with Crippen molar-refractivity contribution in [2.24, 2.45) is 0 Å². The molecular formula is C16H15BrCl2O2. The number of alkyl halides is 1. The van der Waals surface area contributed by atoms with Crippen LogP contribution in [0.3, 0.4) is 0 Å². The van der Waals surface area contributed by atoms with Gasteiger partial charge < -0.3 is 9.47 Å². The fourth-order valence-corrected chi connectivity index (χ4v) is 2.63. The smallest absolute Gasteiger partial charge is 0.161 e. The quantitative estimate of drug-likeness (QED) is 0.575. The molecule has 5 heteroatoms. The maximum atomic E-state index is 6.14. The van der Waals surface area contributed by atoms with Crippen LogP contribution in [0, 0.1) is 0 Å². The van der Waals surface area contributed by atoms with Crippen molar-refractivity contribution in [1.29, 1.82) is 0 Å². The molecule has 2 nitrogen and oxygen atoms in total. The Hall–Kier alpha value is -0.900. The molecule has 0 aliphatic rings. The molecule has 0 bridgehead atoms. The zero-order chi connectivity index (χ0) is 15.2. The predicted octanol–water partition coefficient (Wildman–Crippen LogP) is 5.87. The Bertz CT molecular complexity index is 617. The second-order valence-corrected chi connectivity index (χ2v) is 5.78. The van der Waals surface area contributed by atoms with Gasteiger partial charge in [0.2, 0.25) is 0 Å². The van der Waals surface area contributed by atoms with Gasteiger partial charge in [0.15, 0.2) is 11.5 Å². The van der Waals surface area contributed by atoms with Gasteiger partial charge >= 0.3 is 0 Å². The van der Waals surface area contributed by atoms with Crippen molar-refractivity contribution in [3.63, 3.8) is 0 Å². The first-order valence-corrected chi connectivity index (χ1v) is 8.40. The van der Waals surface area contributed by atoms with Crippen molar-refractivity contribution >= 4 is 39.1 Å². The van der Waals surface area contributed by atoms with Gasteiger partial charge in [-0.2, -0.15) is 0 Å². The van der Waals surface area contributed by atoms with E-state index >= 15 is 0 Å². The van der Waals surface area contributed by atoms with Gasteiger partial charge in [-0.05, 0) is 36.8 Å². The van der Waals surface area contributed by atoms with Crippen LogP contribution in [0.4, 0.5) is 0 Å². The van der Waals surface area contributed by atoms with Gasteiger partial charge in [0.25, 0.3) is 0 Å². The minimum absolute atomic E-state index is 0.365. The first-order valence-electron chi connectivity index (χ1n) is 6.52. The summed E-state index contributed by atoms with van der Waals surface area (Å²) in [6, 6.07) is 11.2. The minimum Gasteiger partial charge on any atom is -0.490 e. The van der Waals surface area contributed by atoms with Crippen LogP contribution in [0.1, 0.15) is 18.1 Å². The number of ether oxygens (including phenoxy) is 2. The van der Waals surface area contributed by atoms with Crippen molar-refractivity contribution < 1.29 is 9.47 Å². The van der Waals surface area contributed by atoms with Crippen LogP contribution in [0.2, 0.25) is 10.0 Å². The van der Waals surface area contributed by atoms with Gasteiger partial charge in [0, 0.05) is 20.9 Å². The highest BCUT2D eigenvalue weighted by atomic mass is 79.9. The molecule has 0 radical (unpaired) electrons. The Morgan fingerprint density at radius 2 is 1.81 bits per heavy atom. The lowest BCUT2D eigenvalue weighted by Crippen LogP contribution is -2.00. The number of hydrogen-bond acceptors (Lipinski definition) is 2. The average molecular weight is 390 g/mol. The standard InChI is InChI=1S/C16H15BrCl2O2/c1-2-20-16-7-11(9-17)3-6-15(16)21-10-12-4-5-13(18)8-14(12)19/h3-8H,2,9-10H2,1H3. The highest BCUT2D eigenvalue weighted by molar-refractivity contribution is 9.08. The molecule has 2 rings (SSSR count). The average Bonchev–Trinajstić information content (AvgIpc) is 2.47. The molecule has 0 spiro atoms. The van der Waals surface area contributed by atoms with E-state index in [1.807, 2.05) is 31.2 Å². The van der Waals surface area contributed by atoms with E-state index in [9.17, 15) is 0 Å². The first kappa shape index (κ1) is 16.5. The second kappa shape index (κ2) is 7.92. The number of rotatable bonds is 6. The summed E-state index contributed by atoms with van der Waals surface area (Å²) < 4.78 is 11.4. The van der Waals surface area contributed by atoms with Crippen molar-refractivity contribution in [2.75, 3.05) is 6.61 Å². The summed E-state index contributed by atoms with van der Waals surface area (Å²) in [7, 11) is 0. The van der Waals surface area contributed by atoms with Gasteiger partial charge in [-0.3, -0.25) is 0 Å². The molecule has 0 saturated heterocycles. The third-order valence-electron chi connectivity index (χ3n) is 2.86. The molecule has 2 aromatic carbocycles. The molecule has 0 aromatic heterocycles. The molecule has 0 atom stereocenters. The number of halogens is 3. The van der Waals surface area contributed by atoms with Gasteiger partial charge in [-0.15, -0.1) is 0 Å². The first-order chi connectivity index (χ1) is 10.1. The topological polar surface area (TPSA) is 18.5 Å². The lowest BCUT2D eigenvalue weighted by atomic mass is 10.2. The predicted molar refractivity (Wildman–Crippen MR) is 91.0 cm³/mol. The summed E-state index contributed by atoms with van der Waals surface area (Å²) in [5.74, 6) is 1.44. The monoisotopic (exact) mass is 388 g/mol. The molecule has 0 amide bonds. The Morgan fingerprint density at radius 1 is 1.00 bits per heavy atom. The van der Waals surface area contributed by atoms with Gasteiger partial charge in [0.05, 0.1) is 6.61 Å². The van der Waals surface area contributed by atoms with E-state index < -0.39 is 0 Å². The molecule has 2 aromatic rings. The van der Waals surface area contributed by atoms with Crippen LogP contribution in [0.15, 0.2) is 36.4 Å². The summed E-state index contributed by atoms with van der Waals surface area (Å²) in [6.07, 6.45) is 0. The largest absolute Gasteiger partial charge is 0.490 e. The Labute approximate surface area is 143 Å². The molecule has 0 aliphatic heterocycles. The maximum Gasteiger partial charge on any atom is 0.161 e. The highest BCUT2D eigenvalue weighted by Gasteiger charge is 2.08. The normalized spacial score (nSPS) is 10.5. The molecule has 0 saturated carbocycles. The Kier molecular flexibility index (Phi) is 6.22. The molecular weight excluding hydrogens is 375 g/mol. The van der Waals surface area contributed by atoms with Crippen LogP contribution in [0.5, 0.6) is 11.5 Å². The van der Waals surface area contributed by atoms with E-state index in [0.717, 1.165) is 22.2 Å². The maximum absolute atomic E-state index is 6.14. The molecule has 21 heavy (non-hydrogen) atoms. The lowest BCUT2D eigenvalue weighted by molar-refractivity contribution is 0.269. The van der Waals surface area contributed by atoms with E-state index in [4.69, 9.17) is 32.7 Å². The molecule has 0 unspecified atom stereocenters. The van der Waals surface area contributed by atoms with Crippen molar-refractivity contribution in [3.05, 3.63) is 57.6 Å². The van der Waals surface area contributed by atoms with Gasteiger partial charge in [-0.1, -0.05) is 51.3 Å². The van der Waals surface area contributed by atoms with Crippen molar-refractivity contribution in [3.8, 4) is 11.5 Å². The third kappa shape index (κ3) is 4.53. The highest BCUT2D eigenvalue weighted by Crippen LogP contribution is 2.31. The molecule has 0 aliphatic carbocycles. The zero-order valence-electron chi connectivity index (χ0n) is 11.5. The van der Waals surface area contributed by atoms with Crippen molar-refractivity contribution in [2.45, 2.75) is 18.9 Å². The van der Waals surface area contributed by atoms with Crippen molar-refractivity contribution in [1.82, 2.24) is 0 Å². The molecule has 0 N–H and O–H groups in total. The van der Waals surface area contributed by atoms with E-state index in [1.165, 1.54) is 0 Å². The zero-order valence-corrected chi connectivity index (χ0v) is 14.6. The van der Waals surface area contributed by atoms with Crippen LogP contribution in [0.25, 0.3) is 0 Å². The number of benzene rings is 2. The van der Waals surface area contributed by atoms with Gasteiger partial charge in [0.1, 0.15) is 6.61 Å². The van der Waals surface area contributed by atoms with Crippen LogP contribution in [-0.4, -0.2) is 6.61 Å². The second-order valence-electron chi connectivity index (χ2n) is 4.37. The fourth-order valence-electron chi connectivity index (χ4n) is 1.82. The summed E-state index contributed by atoms with van der Waals surface area (Å²) >= 11 is 15.5.